The molecule has 2 amide bonds. The van der Waals surface area contributed by atoms with E-state index in [-0.39, 0.29) is 23.7 Å². The third-order valence-electron chi connectivity index (χ3n) is 3.81. The molecule has 6 nitrogen and oxygen atoms in total. The molecule has 0 unspecified atom stereocenters. The zero-order valence-electron chi connectivity index (χ0n) is 12.5. The predicted molar refractivity (Wildman–Crippen MR) is 88.8 cm³/mol. The van der Waals surface area contributed by atoms with Gasteiger partial charge >= 0.3 is 0 Å². The molecule has 0 saturated carbocycles. The van der Waals surface area contributed by atoms with Crippen LogP contribution in [0, 0.1) is 5.41 Å². The summed E-state index contributed by atoms with van der Waals surface area (Å²) in [5, 5.41) is 6.27. The molecule has 2 heterocycles. The van der Waals surface area contributed by atoms with Crippen LogP contribution in [-0.2, 0) is 4.74 Å². The molecule has 0 atom stereocenters. The van der Waals surface area contributed by atoms with E-state index in [1.54, 1.807) is 19.2 Å². The van der Waals surface area contributed by atoms with Gasteiger partial charge < -0.3 is 21.1 Å². The SMILES string of the molecule is COCC1(CNC(=O)c2ccc(C(N)=O)s2)CCNCC1.Cl. The van der Waals surface area contributed by atoms with Crippen molar-refractivity contribution in [2.45, 2.75) is 12.8 Å². The smallest absolute Gasteiger partial charge is 0.261 e. The van der Waals surface area contributed by atoms with Gasteiger partial charge in [-0.2, -0.15) is 0 Å². The van der Waals surface area contributed by atoms with Crippen LogP contribution in [0.3, 0.4) is 0 Å². The number of ether oxygens (including phenoxy) is 1. The van der Waals surface area contributed by atoms with E-state index in [0.717, 1.165) is 37.3 Å². The van der Waals surface area contributed by atoms with E-state index in [2.05, 4.69) is 10.6 Å². The molecule has 0 aromatic carbocycles. The Labute approximate surface area is 140 Å². The minimum Gasteiger partial charge on any atom is -0.384 e. The predicted octanol–water partition coefficient (Wildman–Crippen LogP) is 1.01. The summed E-state index contributed by atoms with van der Waals surface area (Å²) in [6.07, 6.45) is 1.94. The van der Waals surface area contributed by atoms with E-state index in [0.29, 0.717) is 22.9 Å². The van der Waals surface area contributed by atoms with Gasteiger partial charge in [-0.15, -0.1) is 23.7 Å². The van der Waals surface area contributed by atoms with Gasteiger partial charge in [-0.1, -0.05) is 0 Å². The van der Waals surface area contributed by atoms with Gasteiger partial charge in [-0.05, 0) is 38.1 Å². The van der Waals surface area contributed by atoms with Crippen molar-refractivity contribution in [3.63, 3.8) is 0 Å². The maximum atomic E-state index is 12.2. The van der Waals surface area contributed by atoms with Crippen LogP contribution in [0.2, 0.25) is 0 Å². The Bertz CT molecular complexity index is 510. The number of nitrogens with two attached hydrogens (primary N) is 1. The summed E-state index contributed by atoms with van der Waals surface area (Å²) in [5.41, 5.74) is 5.18. The standard InChI is InChI=1S/C14H21N3O3S.ClH/c1-20-9-14(4-6-16-7-5-14)8-17-13(19)11-3-2-10(21-11)12(15)18;/h2-3,16H,4-9H2,1H3,(H2,15,18)(H,17,19);1H. The second-order valence-electron chi connectivity index (χ2n) is 5.39. The third kappa shape index (κ3) is 4.67. The van der Waals surface area contributed by atoms with Gasteiger partial charge in [-0.25, -0.2) is 0 Å². The lowest BCUT2D eigenvalue weighted by Gasteiger charge is -2.37. The van der Waals surface area contributed by atoms with Crippen LogP contribution in [0.15, 0.2) is 12.1 Å². The molecule has 8 heteroatoms. The first-order valence-corrected chi connectivity index (χ1v) is 7.75. The van der Waals surface area contributed by atoms with E-state index in [9.17, 15) is 9.59 Å². The van der Waals surface area contributed by atoms with Crippen molar-refractivity contribution < 1.29 is 14.3 Å². The third-order valence-corrected chi connectivity index (χ3v) is 4.91. The first-order chi connectivity index (χ1) is 10.1. The second kappa shape index (κ2) is 8.47. The Morgan fingerprint density at radius 2 is 2.00 bits per heavy atom. The van der Waals surface area contributed by atoms with Gasteiger partial charge in [0.15, 0.2) is 0 Å². The molecule has 1 saturated heterocycles. The molecule has 1 aromatic rings. The fraction of sp³-hybridized carbons (Fsp3) is 0.571. The van der Waals surface area contributed by atoms with Gasteiger partial charge in [0.2, 0.25) is 0 Å². The van der Waals surface area contributed by atoms with E-state index < -0.39 is 5.91 Å². The fourth-order valence-electron chi connectivity index (χ4n) is 2.58. The number of carbonyl (C=O) groups excluding carboxylic acids is 2. The summed E-state index contributed by atoms with van der Waals surface area (Å²) in [6.45, 7) is 3.07. The number of methoxy groups -OCH3 is 1. The lowest BCUT2D eigenvalue weighted by molar-refractivity contribution is 0.0512. The Kier molecular flexibility index (Phi) is 7.28. The van der Waals surface area contributed by atoms with E-state index in [1.165, 1.54) is 0 Å². The number of carbonyl (C=O) groups is 2. The van der Waals surface area contributed by atoms with Crippen molar-refractivity contribution in [3.05, 3.63) is 21.9 Å². The van der Waals surface area contributed by atoms with Gasteiger partial charge in [0.25, 0.3) is 11.8 Å². The number of primary amides is 1. The summed E-state index contributed by atoms with van der Waals surface area (Å²) in [6, 6.07) is 3.21. The van der Waals surface area contributed by atoms with Crippen LogP contribution in [0.4, 0.5) is 0 Å². The molecule has 0 radical (unpaired) electrons. The van der Waals surface area contributed by atoms with E-state index in [1.807, 2.05) is 0 Å². The quantitative estimate of drug-likeness (QED) is 0.716. The minimum absolute atomic E-state index is 0. The first kappa shape index (κ1) is 18.9. The molecule has 1 aliphatic heterocycles. The van der Waals surface area contributed by atoms with Gasteiger partial charge in [0, 0.05) is 19.1 Å². The zero-order valence-corrected chi connectivity index (χ0v) is 14.1. The summed E-state index contributed by atoms with van der Waals surface area (Å²) in [5.74, 6) is -0.672. The van der Waals surface area contributed by atoms with Gasteiger partial charge in [0.05, 0.1) is 16.4 Å². The molecule has 0 bridgehead atoms. The minimum atomic E-state index is -0.506. The van der Waals surface area contributed by atoms with Crippen LogP contribution in [0.1, 0.15) is 32.2 Å². The highest BCUT2D eigenvalue weighted by Gasteiger charge is 2.32. The molecule has 1 aliphatic rings. The van der Waals surface area contributed by atoms with Crippen molar-refractivity contribution in [2.75, 3.05) is 33.4 Å². The summed E-state index contributed by atoms with van der Waals surface area (Å²) in [4.78, 5) is 24.1. The molecule has 4 N–H and O–H groups in total. The van der Waals surface area contributed by atoms with Crippen LogP contribution in [0.25, 0.3) is 0 Å². The molecule has 1 fully saturated rings. The Balaban J connectivity index is 0.00000242. The van der Waals surface area contributed by atoms with E-state index in [4.69, 9.17) is 10.5 Å². The molecule has 0 aliphatic carbocycles. The monoisotopic (exact) mass is 347 g/mol. The van der Waals surface area contributed by atoms with Crippen molar-refractivity contribution in [1.29, 1.82) is 0 Å². The lowest BCUT2D eigenvalue weighted by atomic mass is 9.79. The number of hydrogen-bond donors (Lipinski definition) is 3. The lowest BCUT2D eigenvalue weighted by Crippen LogP contribution is -2.47. The molecule has 124 valence electrons. The normalized spacial score (nSPS) is 16.6. The van der Waals surface area contributed by atoms with Crippen molar-refractivity contribution in [1.82, 2.24) is 10.6 Å². The highest BCUT2D eigenvalue weighted by molar-refractivity contribution is 7.15. The van der Waals surface area contributed by atoms with Crippen molar-refractivity contribution >= 4 is 35.6 Å². The number of amides is 2. The first-order valence-electron chi connectivity index (χ1n) is 6.94. The maximum absolute atomic E-state index is 12.2. The average Bonchev–Trinajstić information content (AvgIpc) is 2.96. The van der Waals surface area contributed by atoms with E-state index >= 15 is 0 Å². The highest BCUT2D eigenvalue weighted by atomic mass is 35.5. The van der Waals surface area contributed by atoms with Crippen LogP contribution in [0.5, 0.6) is 0 Å². The number of rotatable bonds is 6. The van der Waals surface area contributed by atoms with Crippen LogP contribution in [-0.4, -0.2) is 45.2 Å². The Morgan fingerprint density at radius 3 is 2.55 bits per heavy atom. The van der Waals surface area contributed by atoms with Crippen molar-refractivity contribution in [2.24, 2.45) is 11.1 Å². The molecule has 1 aromatic heterocycles. The van der Waals surface area contributed by atoms with Crippen molar-refractivity contribution in [3.8, 4) is 0 Å². The maximum Gasteiger partial charge on any atom is 0.261 e. The average molecular weight is 348 g/mol. The zero-order chi connectivity index (χ0) is 15.3. The number of halogens is 1. The number of piperidine rings is 1. The number of hydrogen-bond acceptors (Lipinski definition) is 5. The van der Waals surface area contributed by atoms with Crippen LogP contribution < -0.4 is 16.4 Å². The number of nitrogens with one attached hydrogen (secondary N) is 2. The molecule has 22 heavy (non-hydrogen) atoms. The fourth-order valence-corrected chi connectivity index (χ4v) is 3.36. The van der Waals surface area contributed by atoms with Crippen LogP contribution >= 0.6 is 23.7 Å². The summed E-state index contributed by atoms with van der Waals surface area (Å²) >= 11 is 1.12. The molecular weight excluding hydrogens is 326 g/mol. The number of thiophene rings is 1. The summed E-state index contributed by atoms with van der Waals surface area (Å²) < 4.78 is 5.32. The molecular formula is C14H22ClN3O3S. The molecule has 2 rings (SSSR count). The summed E-state index contributed by atoms with van der Waals surface area (Å²) in [7, 11) is 1.68. The Hall–Kier alpha value is -1.15. The van der Waals surface area contributed by atoms with Gasteiger partial charge in [0.1, 0.15) is 0 Å². The second-order valence-corrected chi connectivity index (χ2v) is 6.48. The highest BCUT2D eigenvalue weighted by Crippen LogP contribution is 2.28. The largest absolute Gasteiger partial charge is 0.384 e. The molecule has 0 spiro atoms. The Morgan fingerprint density at radius 1 is 1.36 bits per heavy atom. The van der Waals surface area contributed by atoms with Gasteiger partial charge in [-0.3, -0.25) is 9.59 Å². The topological polar surface area (TPSA) is 93.4 Å².